The molecule has 1 aliphatic rings. The Morgan fingerprint density at radius 2 is 2.18 bits per heavy atom. The smallest absolute Gasteiger partial charge is 0.252 e. The Morgan fingerprint density at radius 3 is 2.73 bits per heavy atom. The van der Waals surface area contributed by atoms with Crippen LogP contribution in [-0.4, -0.2) is 84.5 Å². The lowest BCUT2D eigenvalue weighted by Gasteiger charge is -2.41. The van der Waals surface area contributed by atoms with Crippen molar-refractivity contribution in [3.05, 3.63) is 18.6 Å². The fourth-order valence-electron chi connectivity index (χ4n) is 2.36. The summed E-state index contributed by atoms with van der Waals surface area (Å²) in [5.41, 5.74) is 0. The number of ether oxygens (including phenoxy) is 1. The van der Waals surface area contributed by atoms with Crippen molar-refractivity contribution < 1.29 is 9.53 Å². The second-order valence-corrected chi connectivity index (χ2v) is 6.59. The predicted molar refractivity (Wildman–Crippen MR) is 85.6 cm³/mol. The molecule has 0 aliphatic carbocycles. The lowest BCUT2D eigenvalue weighted by molar-refractivity contribution is -0.128. The molecule has 1 aromatic rings. The van der Waals surface area contributed by atoms with Gasteiger partial charge in [-0.3, -0.25) is 19.6 Å². The fraction of sp³-hybridized carbons (Fsp3) is 0.643. The van der Waals surface area contributed by atoms with Gasteiger partial charge in [0.05, 0.1) is 19.4 Å². The summed E-state index contributed by atoms with van der Waals surface area (Å²) in [6, 6.07) is 0. The van der Waals surface area contributed by atoms with Crippen LogP contribution < -0.4 is 5.32 Å². The highest BCUT2D eigenvalue weighted by atomic mass is 32.2. The van der Waals surface area contributed by atoms with E-state index in [1.807, 2.05) is 19.0 Å². The van der Waals surface area contributed by atoms with Gasteiger partial charge in [0.15, 0.2) is 4.87 Å². The summed E-state index contributed by atoms with van der Waals surface area (Å²) in [4.78, 5) is 24.5. The van der Waals surface area contributed by atoms with Gasteiger partial charge in [-0.2, -0.15) is 0 Å². The Bertz CT molecular complexity index is 481. The number of aromatic nitrogens is 2. The highest BCUT2D eigenvalue weighted by Gasteiger charge is 2.43. The van der Waals surface area contributed by atoms with Crippen LogP contribution in [0.3, 0.4) is 0 Å². The molecule has 0 aromatic carbocycles. The molecule has 1 atom stereocenters. The number of thioether (sulfide) groups is 1. The van der Waals surface area contributed by atoms with Gasteiger partial charge in [0.2, 0.25) is 0 Å². The summed E-state index contributed by atoms with van der Waals surface area (Å²) in [5.74, 6) is -0.0420. The molecular weight excluding hydrogens is 302 g/mol. The maximum atomic E-state index is 12.7. The zero-order valence-electron chi connectivity index (χ0n) is 13.3. The maximum Gasteiger partial charge on any atom is 0.252 e. The fourth-order valence-corrected chi connectivity index (χ4v) is 3.55. The number of nitrogens with one attached hydrogen (secondary N) is 1. The molecule has 122 valence electrons. The lowest BCUT2D eigenvalue weighted by Crippen LogP contribution is -2.60. The topological polar surface area (TPSA) is 70.6 Å². The average molecular weight is 325 g/mol. The predicted octanol–water partition coefficient (Wildman–Crippen LogP) is -0.0952. The number of morpholine rings is 1. The van der Waals surface area contributed by atoms with Crippen LogP contribution in [0.1, 0.15) is 0 Å². The summed E-state index contributed by atoms with van der Waals surface area (Å²) in [5, 5.41) is 3.52. The standard InChI is InChI=1S/C14H23N5O2S/c1-15-13(20)14(18(2)3,11-19-6-8-21-9-7-19)22-12-10-16-4-5-17-12/h4-5,10H,6-9,11H2,1-3H3,(H,15,20). The van der Waals surface area contributed by atoms with E-state index in [0.717, 1.165) is 18.1 Å². The third-order valence-corrected chi connectivity index (χ3v) is 5.10. The molecule has 0 saturated carbocycles. The van der Waals surface area contributed by atoms with Crippen LogP contribution in [0, 0.1) is 0 Å². The number of likely N-dealkylation sites (N-methyl/N-ethyl adjacent to an activating group) is 2. The van der Waals surface area contributed by atoms with Gasteiger partial charge in [0.1, 0.15) is 5.03 Å². The lowest BCUT2D eigenvalue weighted by atomic mass is 10.2. The summed E-state index contributed by atoms with van der Waals surface area (Å²) in [7, 11) is 5.50. The van der Waals surface area contributed by atoms with E-state index < -0.39 is 4.87 Å². The largest absolute Gasteiger partial charge is 0.379 e. The molecule has 22 heavy (non-hydrogen) atoms. The van der Waals surface area contributed by atoms with Gasteiger partial charge >= 0.3 is 0 Å². The number of rotatable bonds is 6. The molecule has 2 rings (SSSR count). The zero-order chi connectivity index (χ0) is 16.0. The van der Waals surface area contributed by atoms with Crippen LogP contribution in [-0.2, 0) is 9.53 Å². The summed E-state index contributed by atoms with van der Waals surface area (Å²) in [6.45, 7) is 3.66. The molecule has 1 aliphatic heterocycles. The minimum Gasteiger partial charge on any atom is -0.379 e. The molecule has 0 radical (unpaired) electrons. The van der Waals surface area contributed by atoms with Gasteiger partial charge < -0.3 is 10.1 Å². The number of carbonyl (C=O) groups is 1. The van der Waals surface area contributed by atoms with Gasteiger partial charge in [0.25, 0.3) is 5.91 Å². The first-order valence-corrected chi connectivity index (χ1v) is 8.05. The van der Waals surface area contributed by atoms with Gasteiger partial charge in [-0.15, -0.1) is 0 Å². The molecule has 1 unspecified atom stereocenters. The number of hydrogen-bond acceptors (Lipinski definition) is 7. The normalized spacial score (nSPS) is 18.9. The minimum absolute atomic E-state index is 0.0420. The van der Waals surface area contributed by atoms with Gasteiger partial charge in [-0.05, 0) is 14.1 Å². The van der Waals surface area contributed by atoms with E-state index in [9.17, 15) is 4.79 Å². The van der Waals surface area contributed by atoms with Gasteiger partial charge in [-0.1, -0.05) is 11.8 Å². The Labute approximate surface area is 135 Å². The van der Waals surface area contributed by atoms with Crippen molar-refractivity contribution in [3.63, 3.8) is 0 Å². The van der Waals surface area contributed by atoms with E-state index >= 15 is 0 Å². The Morgan fingerprint density at radius 1 is 1.45 bits per heavy atom. The molecule has 1 fully saturated rings. The first-order valence-electron chi connectivity index (χ1n) is 7.23. The van der Waals surface area contributed by atoms with Crippen LogP contribution in [0.25, 0.3) is 0 Å². The van der Waals surface area contributed by atoms with Crippen molar-refractivity contribution in [3.8, 4) is 0 Å². The van der Waals surface area contributed by atoms with Crippen LogP contribution in [0.5, 0.6) is 0 Å². The maximum absolute atomic E-state index is 12.7. The summed E-state index contributed by atoms with van der Waals surface area (Å²) in [6.07, 6.45) is 4.95. The van der Waals surface area contributed by atoms with Crippen molar-refractivity contribution in [1.29, 1.82) is 0 Å². The first-order chi connectivity index (χ1) is 10.6. The minimum atomic E-state index is -0.762. The quantitative estimate of drug-likeness (QED) is 0.579. The highest BCUT2D eigenvalue weighted by molar-refractivity contribution is 8.01. The van der Waals surface area contributed by atoms with E-state index in [1.54, 1.807) is 25.6 Å². The van der Waals surface area contributed by atoms with Crippen LogP contribution >= 0.6 is 11.8 Å². The van der Waals surface area contributed by atoms with Crippen molar-refractivity contribution in [2.75, 3.05) is 54.0 Å². The third-order valence-electron chi connectivity index (χ3n) is 3.66. The molecule has 0 bridgehead atoms. The first kappa shape index (κ1) is 17.1. The van der Waals surface area contributed by atoms with Gasteiger partial charge in [0, 0.05) is 39.1 Å². The van der Waals surface area contributed by atoms with Gasteiger partial charge in [-0.25, -0.2) is 4.98 Å². The van der Waals surface area contributed by atoms with Crippen molar-refractivity contribution in [1.82, 2.24) is 25.1 Å². The van der Waals surface area contributed by atoms with E-state index in [2.05, 4.69) is 20.2 Å². The number of amides is 1. The molecule has 1 aromatic heterocycles. The van der Waals surface area contributed by atoms with E-state index in [4.69, 9.17) is 4.74 Å². The van der Waals surface area contributed by atoms with Crippen LogP contribution in [0.2, 0.25) is 0 Å². The Hall–Kier alpha value is -1.22. The molecule has 1 saturated heterocycles. The van der Waals surface area contributed by atoms with Crippen LogP contribution in [0.15, 0.2) is 23.6 Å². The molecule has 0 spiro atoms. The SMILES string of the molecule is CNC(=O)C(CN1CCOCC1)(Sc1cnccn1)N(C)C. The van der Waals surface area contributed by atoms with Crippen molar-refractivity contribution in [2.24, 2.45) is 0 Å². The molecule has 1 N–H and O–H groups in total. The van der Waals surface area contributed by atoms with E-state index in [1.165, 1.54) is 11.8 Å². The monoisotopic (exact) mass is 325 g/mol. The van der Waals surface area contributed by atoms with Crippen molar-refractivity contribution in [2.45, 2.75) is 9.90 Å². The van der Waals surface area contributed by atoms with Crippen LogP contribution in [0.4, 0.5) is 0 Å². The number of hydrogen-bond donors (Lipinski definition) is 1. The summed E-state index contributed by atoms with van der Waals surface area (Å²) < 4.78 is 5.39. The molecular formula is C14H23N5O2S. The molecule has 7 nitrogen and oxygen atoms in total. The van der Waals surface area contributed by atoms with E-state index in [-0.39, 0.29) is 5.91 Å². The second-order valence-electron chi connectivity index (χ2n) is 5.29. The van der Waals surface area contributed by atoms with Crippen molar-refractivity contribution >= 4 is 17.7 Å². The zero-order valence-corrected chi connectivity index (χ0v) is 14.1. The number of carbonyl (C=O) groups excluding carboxylic acids is 1. The number of nitrogens with zero attached hydrogens (tertiary/aromatic N) is 4. The highest BCUT2D eigenvalue weighted by Crippen LogP contribution is 2.34. The molecule has 8 heteroatoms. The molecule has 2 heterocycles. The Balaban J connectivity index is 2.26. The van der Waals surface area contributed by atoms with E-state index in [0.29, 0.717) is 19.8 Å². The Kier molecular flexibility index (Phi) is 6.13. The average Bonchev–Trinajstić information content (AvgIpc) is 2.55. The second kappa shape index (κ2) is 7.87. The summed E-state index contributed by atoms with van der Waals surface area (Å²) >= 11 is 1.43. The third kappa shape index (κ3) is 3.95. The molecule has 1 amide bonds.